The van der Waals surface area contributed by atoms with Crippen LogP contribution in [0.5, 0.6) is 5.75 Å². The maximum absolute atomic E-state index is 13.7. The molecule has 0 aliphatic heterocycles. The Hall–Kier alpha value is -3.67. The third-order valence-electron chi connectivity index (χ3n) is 7.15. The number of amides is 2. The maximum Gasteiger partial charge on any atom is 0.261 e. The average Bonchev–Trinajstić information content (AvgIpc) is 3.44. The van der Waals surface area contributed by atoms with E-state index in [1.807, 2.05) is 54.6 Å². The number of nitrogens with zero attached hydrogens (tertiary/aromatic N) is 1. The van der Waals surface area contributed by atoms with Gasteiger partial charge in [-0.05, 0) is 59.7 Å². The molecule has 1 aliphatic carbocycles. The van der Waals surface area contributed by atoms with Crippen molar-refractivity contribution in [2.24, 2.45) is 0 Å². The first-order chi connectivity index (χ1) is 18.4. The molecule has 1 fully saturated rings. The van der Waals surface area contributed by atoms with Gasteiger partial charge in [-0.25, -0.2) is 4.39 Å². The molecule has 0 spiro atoms. The van der Waals surface area contributed by atoms with Crippen LogP contribution >= 0.6 is 0 Å². The summed E-state index contributed by atoms with van der Waals surface area (Å²) in [6.07, 6.45) is 4.46. The number of hydrogen-bond acceptors (Lipinski definition) is 3. The number of rotatable bonds is 11. The SMILES string of the molecule is CC(C)c1ccc(OCC(=O)N(Cc2ccc(F)cc2)[C@H](Cc2ccccc2)C(=O)NC2CCCC2)cc1. The minimum atomic E-state index is -0.734. The van der Waals surface area contributed by atoms with E-state index in [2.05, 4.69) is 19.2 Å². The molecular formula is C32H37FN2O3. The van der Waals surface area contributed by atoms with Crippen molar-refractivity contribution in [3.05, 3.63) is 101 Å². The fourth-order valence-electron chi connectivity index (χ4n) is 4.88. The van der Waals surface area contributed by atoms with Crippen LogP contribution in [0.1, 0.15) is 62.1 Å². The van der Waals surface area contributed by atoms with Crippen LogP contribution in [0.25, 0.3) is 0 Å². The zero-order valence-corrected chi connectivity index (χ0v) is 22.2. The van der Waals surface area contributed by atoms with Gasteiger partial charge in [0.2, 0.25) is 5.91 Å². The summed E-state index contributed by atoms with van der Waals surface area (Å²) in [5.41, 5.74) is 2.89. The number of benzene rings is 3. The third-order valence-corrected chi connectivity index (χ3v) is 7.15. The van der Waals surface area contributed by atoms with E-state index in [-0.39, 0.29) is 36.8 Å². The molecule has 1 saturated carbocycles. The molecule has 5 nitrogen and oxygen atoms in total. The van der Waals surface area contributed by atoms with Gasteiger partial charge < -0.3 is 15.0 Å². The number of hydrogen-bond donors (Lipinski definition) is 1. The van der Waals surface area contributed by atoms with Crippen molar-refractivity contribution in [3.8, 4) is 5.75 Å². The number of carbonyl (C=O) groups is 2. The second kappa shape index (κ2) is 13.2. The average molecular weight is 517 g/mol. The van der Waals surface area contributed by atoms with Crippen LogP contribution in [0.4, 0.5) is 4.39 Å². The molecule has 0 saturated heterocycles. The van der Waals surface area contributed by atoms with Crippen molar-refractivity contribution >= 4 is 11.8 Å². The summed E-state index contributed by atoms with van der Waals surface area (Å²) in [6, 6.07) is 22.8. The predicted molar refractivity (Wildman–Crippen MR) is 147 cm³/mol. The molecule has 2 amide bonds. The van der Waals surface area contributed by atoms with Gasteiger partial charge in [-0.3, -0.25) is 9.59 Å². The quantitative estimate of drug-likeness (QED) is 0.339. The van der Waals surface area contributed by atoms with Crippen LogP contribution in [0, 0.1) is 5.82 Å². The van der Waals surface area contributed by atoms with Gasteiger partial charge in [-0.15, -0.1) is 0 Å². The fourth-order valence-corrected chi connectivity index (χ4v) is 4.88. The molecule has 1 N–H and O–H groups in total. The highest BCUT2D eigenvalue weighted by Gasteiger charge is 2.32. The van der Waals surface area contributed by atoms with Gasteiger partial charge >= 0.3 is 0 Å². The Morgan fingerprint density at radius 1 is 0.921 bits per heavy atom. The monoisotopic (exact) mass is 516 g/mol. The smallest absolute Gasteiger partial charge is 0.261 e. The number of carbonyl (C=O) groups excluding carboxylic acids is 2. The lowest BCUT2D eigenvalue weighted by atomic mass is 10.0. The van der Waals surface area contributed by atoms with E-state index in [0.29, 0.717) is 18.1 Å². The molecule has 3 aromatic carbocycles. The second-order valence-corrected chi connectivity index (χ2v) is 10.4. The van der Waals surface area contributed by atoms with Gasteiger partial charge in [-0.2, -0.15) is 0 Å². The summed E-state index contributed by atoms with van der Waals surface area (Å²) in [4.78, 5) is 28.9. The van der Waals surface area contributed by atoms with Crippen LogP contribution in [0.15, 0.2) is 78.9 Å². The van der Waals surface area contributed by atoms with Gasteiger partial charge in [0.05, 0.1) is 0 Å². The topological polar surface area (TPSA) is 58.6 Å². The van der Waals surface area contributed by atoms with Crippen LogP contribution < -0.4 is 10.1 Å². The molecule has 1 aliphatic rings. The summed E-state index contributed by atoms with van der Waals surface area (Å²) in [7, 11) is 0. The lowest BCUT2D eigenvalue weighted by molar-refractivity contribution is -0.143. The number of halogens is 1. The van der Waals surface area contributed by atoms with E-state index in [4.69, 9.17) is 4.74 Å². The van der Waals surface area contributed by atoms with E-state index in [0.717, 1.165) is 36.8 Å². The molecule has 38 heavy (non-hydrogen) atoms. The van der Waals surface area contributed by atoms with Crippen molar-refractivity contribution in [3.63, 3.8) is 0 Å². The van der Waals surface area contributed by atoms with Crippen LogP contribution in [-0.4, -0.2) is 35.4 Å². The lowest BCUT2D eigenvalue weighted by Gasteiger charge is -2.32. The summed E-state index contributed by atoms with van der Waals surface area (Å²) in [6.45, 7) is 4.21. The Bertz CT molecular complexity index is 1170. The van der Waals surface area contributed by atoms with Crippen molar-refractivity contribution in [1.29, 1.82) is 0 Å². The largest absolute Gasteiger partial charge is 0.484 e. The molecule has 6 heteroatoms. The highest BCUT2D eigenvalue weighted by Crippen LogP contribution is 2.21. The van der Waals surface area contributed by atoms with Gasteiger partial charge in [0.1, 0.15) is 17.6 Å². The summed E-state index contributed by atoms with van der Waals surface area (Å²) >= 11 is 0. The zero-order chi connectivity index (χ0) is 26.9. The van der Waals surface area contributed by atoms with Crippen LogP contribution in [-0.2, 0) is 22.6 Å². The molecular weight excluding hydrogens is 479 g/mol. The molecule has 0 bridgehead atoms. The fraction of sp³-hybridized carbons (Fsp3) is 0.375. The second-order valence-electron chi connectivity index (χ2n) is 10.4. The predicted octanol–water partition coefficient (Wildman–Crippen LogP) is 6.03. The van der Waals surface area contributed by atoms with Crippen molar-refractivity contribution < 1.29 is 18.7 Å². The molecule has 1 atom stereocenters. The molecule has 4 rings (SSSR count). The Kier molecular flexibility index (Phi) is 9.52. The third kappa shape index (κ3) is 7.67. The van der Waals surface area contributed by atoms with Crippen molar-refractivity contribution in [2.45, 2.75) is 70.5 Å². The molecule has 0 unspecified atom stereocenters. The van der Waals surface area contributed by atoms with E-state index in [1.54, 1.807) is 17.0 Å². The Morgan fingerprint density at radius 2 is 1.58 bits per heavy atom. The minimum absolute atomic E-state index is 0.124. The van der Waals surface area contributed by atoms with Gasteiger partial charge in [0.15, 0.2) is 6.61 Å². The molecule has 0 radical (unpaired) electrons. The lowest BCUT2D eigenvalue weighted by Crippen LogP contribution is -2.53. The first-order valence-corrected chi connectivity index (χ1v) is 13.5. The number of ether oxygens (including phenoxy) is 1. The van der Waals surface area contributed by atoms with Gasteiger partial charge in [0.25, 0.3) is 5.91 Å². The van der Waals surface area contributed by atoms with Crippen LogP contribution in [0.3, 0.4) is 0 Å². The summed E-state index contributed by atoms with van der Waals surface area (Å²) < 4.78 is 19.5. The maximum atomic E-state index is 13.7. The first-order valence-electron chi connectivity index (χ1n) is 13.5. The Morgan fingerprint density at radius 3 is 2.21 bits per heavy atom. The number of nitrogens with one attached hydrogen (secondary N) is 1. The van der Waals surface area contributed by atoms with E-state index >= 15 is 0 Å². The Balaban J connectivity index is 1.58. The molecule has 200 valence electrons. The van der Waals surface area contributed by atoms with Crippen molar-refractivity contribution in [1.82, 2.24) is 10.2 Å². The molecule has 0 aromatic heterocycles. The summed E-state index contributed by atoms with van der Waals surface area (Å²) in [5, 5.41) is 3.19. The first kappa shape index (κ1) is 27.4. The molecule has 3 aromatic rings. The van der Waals surface area contributed by atoms with E-state index in [9.17, 15) is 14.0 Å². The van der Waals surface area contributed by atoms with Crippen LogP contribution in [0.2, 0.25) is 0 Å². The summed E-state index contributed by atoms with van der Waals surface area (Å²) in [5.74, 6) is 0.176. The van der Waals surface area contributed by atoms with Crippen molar-refractivity contribution in [2.75, 3.05) is 6.61 Å². The standard InChI is InChI=1S/C32H37FN2O3/c1-23(2)26-14-18-29(19-15-26)38-22-31(36)35(21-25-12-16-27(33)17-13-25)30(20-24-8-4-3-5-9-24)32(37)34-28-10-6-7-11-28/h3-5,8-9,12-19,23,28,30H,6-7,10-11,20-22H2,1-2H3,(H,34,37)/t30-/m1/s1. The molecule has 0 heterocycles. The van der Waals surface area contributed by atoms with E-state index in [1.165, 1.54) is 17.7 Å². The van der Waals surface area contributed by atoms with E-state index < -0.39 is 6.04 Å². The highest BCUT2D eigenvalue weighted by atomic mass is 19.1. The highest BCUT2D eigenvalue weighted by molar-refractivity contribution is 5.88. The normalized spacial score (nSPS) is 14.3. The minimum Gasteiger partial charge on any atom is -0.484 e. The van der Waals surface area contributed by atoms with Gasteiger partial charge in [-0.1, -0.05) is 81.3 Å². The zero-order valence-electron chi connectivity index (χ0n) is 22.2. The Labute approximate surface area is 225 Å². The van der Waals surface area contributed by atoms with Gasteiger partial charge in [0, 0.05) is 19.0 Å².